The molecule has 0 aliphatic rings. The number of methoxy groups -OCH3 is 2. The van der Waals surface area contributed by atoms with E-state index in [1.165, 1.54) is 32.4 Å². The van der Waals surface area contributed by atoms with Gasteiger partial charge in [-0.2, -0.15) is 0 Å². The smallest absolute Gasteiger partial charge is 0.170 e. The highest BCUT2D eigenvalue weighted by Crippen LogP contribution is 2.34. The highest BCUT2D eigenvalue weighted by molar-refractivity contribution is 6.01. The lowest BCUT2D eigenvalue weighted by Crippen LogP contribution is -2.05. The predicted octanol–water partition coefficient (Wildman–Crippen LogP) is 3.36. The molecule has 0 aliphatic carbocycles. The van der Waals surface area contributed by atoms with Crippen molar-refractivity contribution in [2.24, 2.45) is 0 Å². The molecule has 0 heterocycles. The molecule has 0 saturated carbocycles. The first kappa shape index (κ1) is 15.8. The van der Waals surface area contributed by atoms with Crippen LogP contribution < -0.4 is 9.47 Å². The lowest BCUT2D eigenvalue weighted by Gasteiger charge is -2.11. The highest BCUT2D eigenvalue weighted by atomic mass is 19.1. The zero-order valence-corrected chi connectivity index (χ0v) is 12.4. The van der Waals surface area contributed by atoms with Crippen molar-refractivity contribution in [1.29, 1.82) is 0 Å². The number of carbonyl (C=O) groups excluding carboxylic acids is 1. The number of rotatable bonds is 6. The fraction of sp³-hybridized carbons (Fsp3) is 0.235. The first-order chi connectivity index (χ1) is 10.5. The first-order valence-corrected chi connectivity index (χ1v) is 6.77. The van der Waals surface area contributed by atoms with E-state index in [1.807, 2.05) is 0 Å². The molecule has 1 N–H and O–H groups in total. The zero-order valence-electron chi connectivity index (χ0n) is 12.4. The van der Waals surface area contributed by atoms with Gasteiger partial charge >= 0.3 is 0 Å². The van der Waals surface area contributed by atoms with Crippen molar-refractivity contribution < 1.29 is 23.8 Å². The number of benzene rings is 2. The Labute approximate surface area is 128 Å². The molecule has 0 saturated heterocycles. The Balaban J connectivity index is 2.17. The number of phenolic OH excluding ortho intramolecular Hbond substituents is 1. The van der Waals surface area contributed by atoms with Crippen molar-refractivity contribution in [1.82, 2.24) is 0 Å². The third-order valence-corrected chi connectivity index (χ3v) is 3.34. The number of ketones is 1. The summed E-state index contributed by atoms with van der Waals surface area (Å²) < 4.78 is 23.0. The van der Waals surface area contributed by atoms with Crippen LogP contribution >= 0.6 is 0 Å². The molecule has 0 spiro atoms. The Morgan fingerprint density at radius 2 is 1.82 bits per heavy atom. The summed E-state index contributed by atoms with van der Waals surface area (Å²) in [6.07, 6.45) is 0.635. The van der Waals surface area contributed by atoms with E-state index in [0.717, 1.165) is 5.56 Å². The van der Waals surface area contributed by atoms with Crippen molar-refractivity contribution in [3.05, 3.63) is 53.3 Å². The van der Waals surface area contributed by atoms with Crippen LogP contribution in [0.3, 0.4) is 0 Å². The minimum atomic E-state index is -0.315. The van der Waals surface area contributed by atoms with E-state index in [9.17, 15) is 14.3 Å². The van der Waals surface area contributed by atoms with Crippen LogP contribution in [0, 0.1) is 5.82 Å². The molecule has 0 atom stereocenters. The summed E-state index contributed by atoms with van der Waals surface area (Å²) in [5.74, 6) is -0.0726. The zero-order chi connectivity index (χ0) is 16.1. The fourth-order valence-electron chi connectivity index (χ4n) is 2.17. The summed E-state index contributed by atoms with van der Waals surface area (Å²) in [7, 11) is 2.88. The third kappa shape index (κ3) is 3.55. The normalized spacial score (nSPS) is 10.3. The van der Waals surface area contributed by atoms with E-state index in [4.69, 9.17) is 9.47 Å². The van der Waals surface area contributed by atoms with Gasteiger partial charge in [-0.1, -0.05) is 12.1 Å². The number of hydrogen-bond acceptors (Lipinski definition) is 4. The molecule has 0 radical (unpaired) electrons. The summed E-state index contributed by atoms with van der Waals surface area (Å²) in [6.45, 7) is 0. The monoisotopic (exact) mass is 304 g/mol. The summed E-state index contributed by atoms with van der Waals surface area (Å²) in [4.78, 5) is 12.3. The molecule has 0 aromatic heterocycles. The number of phenols is 1. The van der Waals surface area contributed by atoms with E-state index in [-0.39, 0.29) is 35.1 Å². The summed E-state index contributed by atoms with van der Waals surface area (Å²) in [5, 5.41) is 10.0. The van der Waals surface area contributed by atoms with Gasteiger partial charge in [-0.3, -0.25) is 4.79 Å². The van der Waals surface area contributed by atoms with Gasteiger partial charge < -0.3 is 14.6 Å². The van der Waals surface area contributed by atoms with E-state index < -0.39 is 0 Å². The van der Waals surface area contributed by atoms with Gasteiger partial charge in [0.2, 0.25) is 0 Å². The van der Waals surface area contributed by atoms with Crippen LogP contribution in [0.5, 0.6) is 17.2 Å². The molecular formula is C17H17FO4. The van der Waals surface area contributed by atoms with Gasteiger partial charge in [-0.05, 0) is 24.1 Å². The number of aromatic hydroxyl groups is 1. The summed E-state index contributed by atoms with van der Waals surface area (Å²) >= 11 is 0. The van der Waals surface area contributed by atoms with Crippen LogP contribution in [0.15, 0.2) is 36.4 Å². The molecule has 22 heavy (non-hydrogen) atoms. The van der Waals surface area contributed by atoms with Crippen molar-refractivity contribution in [2.75, 3.05) is 14.2 Å². The maximum absolute atomic E-state index is 12.8. The second kappa shape index (κ2) is 6.93. The average molecular weight is 304 g/mol. The maximum atomic E-state index is 12.8. The van der Waals surface area contributed by atoms with Gasteiger partial charge in [0.15, 0.2) is 5.78 Å². The Morgan fingerprint density at radius 1 is 1.14 bits per heavy atom. The van der Waals surface area contributed by atoms with Crippen molar-refractivity contribution in [3.63, 3.8) is 0 Å². The molecular weight excluding hydrogens is 287 g/mol. The van der Waals surface area contributed by atoms with E-state index in [1.54, 1.807) is 18.2 Å². The first-order valence-electron chi connectivity index (χ1n) is 6.77. The molecule has 0 unspecified atom stereocenters. The van der Waals surface area contributed by atoms with Crippen LogP contribution in [-0.2, 0) is 6.42 Å². The van der Waals surface area contributed by atoms with Crippen LogP contribution in [0.1, 0.15) is 22.3 Å². The fourth-order valence-corrected chi connectivity index (χ4v) is 2.17. The van der Waals surface area contributed by atoms with Crippen molar-refractivity contribution in [2.45, 2.75) is 12.8 Å². The quantitative estimate of drug-likeness (QED) is 0.831. The number of ether oxygens (including phenoxy) is 2. The standard InChI is InChI=1S/C17H17FO4/c1-21-13-9-15(20)17(16(10-13)22-2)14(19)8-5-11-3-6-12(18)7-4-11/h3-4,6-7,9-10,20H,5,8H2,1-2H3. The molecule has 0 fully saturated rings. The summed E-state index contributed by atoms with van der Waals surface area (Å²) in [6, 6.07) is 8.89. The summed E-state index contributed by atoms with van der Waals surface area (Å²) in [5.41, 5.74) is 0.979. The highest BCUT2D eigenvalue weighted by Gasteiger charge is 2.19. The van der Waals surface area contributed by atoms with Gasteiger partial charge in [0.25, 0.3) is 0 Å². The largest absolute Gasteiger partial charge is 0.507 e. The average Bonchev–Trinajstić information content (AvgIpc) is 2.53. The molecule has 2 rings (SSSR count). The topological polar surface area (TPSA) is 55.8 Å². The van der Waals surface area contributed by atoms with E-state index in [0.29, 0.717) is 12.2 Å². The number of hydrogen-bond donors (Lipinski definition) is 1. The molecule has 0 amide bonds. The number of carbonyl (C=O) groups is 1. The molecule has 0 aliphatic heterocycles. The van der Waals surface area contributed by atoms with Gasteiger partial charge in [-0.15, -0.1) is 0 Å². The second-order valence-electron chi connectivity index (χ2n) is 4.77. The third-order valence-electron chi connectivity index (χ3n) is 3.34. The van der Waals surface area contributed by atoms with Crippen LogP contribution in [0.2, 0.25) is 0 Å². The van der Waals surface area contributed by atoms with Gasteiger partial charge in [0, 0.05) is 18.6 Å². The molecule has 4 nitrogen and oxygen atoms in total. The van der Waals surface area contributed by atoms with Crippen molar-refractivity contribution >= 4 is 5.78 Å². The number of Topliss-reactive ketones (excluding diaryl/α,β-unsaturated/α-hetero) is 1. The maximum Gasteiger partial charge on any atom is 0.170 e. The van der Waals surface area contributed by atoms with Crippen molar-refractivity contribution in [3.8, 4) is 17.2 Å². The minimum absolute atomic E-state index is 0.130. The Bertz CT molecular complexity index is 665. The van der Waals surface area contributed by atoms with Gasteiger partial charge in [0.05, 0.1) is 14.2 Å². The number of halogens is 1. The van der Waals surface area contributed by atoms with Crippen LogP contribution in [0.25, 0.3) is 0 Å². The number of aryl methyl sites for hydroxylation is 1. The SMILES string of the molecule is COc1cc(O)c(C(=O)CCc2ccc(F)cc2)c(OC)c1. The van der Waals surface area contributed by atoms with Crippen LogP contribution in [-0.4, -0.2) is 25.1 Å². The van der Waals surface area contributed by atoms with E-state index in [2.05, 4.69) is 0 Å². The van der Waals surface area contributed by atoms with Crippen LogP contribution in [0.4, 0.5) is 4.39 Å². The van der Waals surface area contributed by atoms with Gasteiger partial charge in [-0.25, -0.2) is 4.39 Å². The molecule has 2 aromatic rings. The molecule has 0 bridgehead atoms. The molecule has 5 heteroatoms. The Hall–Kier alpha value is -2.56. The molecule has 2 aromatic carbocycles. The second-order valence-corrected chi connectivity index (χ2v) is 4.77. The predicted molar refractivity (Wildman–Crippen MR) is 80.3 cm³/mol. The molecule has 116 valence electrons. The lowest BCUT2D eigenvalue weighted by molar-refractivity contribution is 0.0977. The van der Waals surface area contributed by atoms with Gasteiger partial charge in [0.1, 0.15) is 28.6 Å². The van der Waals surface area contributed by atoms with E-state index >= 15 is 0 Å². The Kier molecular flexibility index (Phi) is 4.99. The minimum Gasteiger partial charge on any atom is -0.507 e. The Morgan fingerprint density at radius 3 is 2.41 bits per heavy atom. The lowest BCUT2D eigenvalue weighted by atomic mass is 10.0.